The van der Waals surface area contributed by atoms with E-state index in [2.05, 4.69) is 9.88 Å². The molecule has 1 aromatic carbocycles. The summed E-state index contributed by atoms with van der Waals surface area (Å²) >= 11 is 0. The molecule has 0 bridgehead atoms. The van der Waals surface area contributed by atoms with Gasteiger partial charge in [0.1, 0.15) is 5.69 Å². The molecule has 0 radical (unpaired) electrons. The van der Waals surface area contributed by atoms with Crippen LogP contribution in [0.4, 0.5) is 5.69 Å². The van der Waals surface area contributed by atoms with Gasteiger partial charge >= 0.3 is 0 Å². The fourth-order valence-corrected chi connectivity index (χ4v) is 4.28. The maximum Gasteiger partial charge on any atom is 0.272 e. The Kier molecular flexibility index (Phi) is 5.88. The summed E-state index contributed by atoms with van der Waals surface area (Å²) in [5.74, 6) is 1.42. The Hall–Kier alpha value is -2.76. The molecule has 2 aliphatic heterocycles. The van der Waals surface area contributed by atoms with Gasteiger partial charge in [-0.2, -0.15) is 0 Å². The molecular weight excluding hydrogens is 366 g/mol. The van der Waals surface area contributed by atoms with Crippen molar-refractivity contribution in [3.8, 4) is 11.5 Å². The van der Waals surface area contributed by atoms with Crippen molar-refractivity contribution in [1.82, 2.24) is 9.88 Å². The van der Waals surface area contributed by atoms with Crippen molar-refractivity contribution in [3.63, 3.8) is 0 Å². The van der Waals surface area contributed by atoms with Gasteiger partial charge in [0.05, 0.1) is 14.2 Å². The zero-order valence-electron chi connectivity index (χ0n) is 17.3. The third-order valence-electron chi connectivity index (χ3n) is 5.94. The Bertz CT molecular complexity index is 876. The van der Waals surface area contributed by atoms with E-state index in [0.29, 0.717) is 24.5 Å². The maximum atomic E-state index is 13.2. The van der Waals surface area contributed by atoms with Gasteiger partial charge in [-0.3, -0.25) is 9.78 Å². The number of rotatable bonds is 4. The van der Waals surface area contributed by atoms with Crippen molar-refractivity contribution in [2.75, 3.05) is 38.8 Å². The molecule has 4 rings (SSSR count). The molecule has 0 spiro atoms. The number of carbonyl (C=O) groups is 1. The lowest BCUT2D eigenvalue weighted by molar-refractivity contribution is 0.0728. The average Bonchev–Trinajstić information content (AvgIpc) is 3.07. The Balaban J connectivity index is 1.53. The third-order valence-corrected chi connectivity index (χ3v) is 5.94. The number of methoxy groups -OCH3 is 2. The molecule has 0 aliphatic carbocycles. The Morgan fingerprint density at radius 1 is 0.931 bits per heavy atom. The van der Waals surface area contributed by atoms with Crippen LogP contribution in [0.2, 0.25) is 0 Å². The summed E-state index contributed by atoms with van der Waals surface area (Å²) in [5, 5.41) is 0. The number of hydrogen-bond donors (Lipinski definition) is 0. The number of carbonyl (C=O) groups excluding carboxylic acids is 1. The van der Waals surface area contributed by atoms with Crippen molar-refractivity contribution >= 4 is 11.6 Å². The molecule has 1 amide bonds. The van der Waals surface area contributed by atoms with E-state index >= 15 is 0 Å². The smallest absolute Gasteiger partial charge is 0.272 e. The molecule has 6 heteroatoms. The van der Waals surface area contributed by atoms with E-state index in [-0.39, 0.29) is 5.91 Å². The number of ether oxygens (including phenoxy) is 2. The summed E-state index contributed by atoms with van der Waals surface area (Å²) in [6.07, 6.45) is 7.55. The van der Waals surface area contributed by atoms with Crippen LogP contribution in [0.5, 0.6) is 11.5 Å². The molecule has 0 unspecified atom stereocenters. The van der Waals surface area contributed by atoms with E-state index < -0.39 is 0 Å². The first-order valence-electron chi connectivity index (χ1n) is 10.4. The van der Waals surface area contributed by atoms with Gasteiger partial charge in [0.25, 0.3) is 5.91 Å². The molecule has 6 nitrogen and oxygen atoms in total. The van der Waals surface area contributed by atoms with E-state index in [0.717, 1.165) is 36.5 Å². The number of pyridine rings is 1. The number of nitrogens with zero attached hydrogens (tertiary/aromatic N) is 3. The lowest BCUT2D eigenvalue weighted by atomic mass is 9.98. The van der Waals surface area contributed by atoms with Gasteiger partial charge in [0.2, 0.25) is 0 Å². The molecule has 1 saturated heterocycles. The Morgan fingerprint density at radius 2 is 1.62 bits per heavy atom. The number of hydrogen-bond acceptors (Lipinski definition) is 5. The Morgan fingerprint density at radius 3 is 2.31 bits per heavy atom. The van der Waals surface area contributed by atoms with E-state index in [1.807, 2.05) is 29.2 Å². The molecule has 0 N–H and O–H groups in total. The number of fused-ring (bicyclic) bond motifs is 1. The van der Waals surface area contributed by atoms with Crippen LogP contribution >= 0.6 is 0 Å². The highest BCUT2D eigenvalue weighted by Gasteiger charge is 2.25. The minimum Gasteiger partial charge on any atom is -0.493 e. The molecular formula is C23H29N3O3. The second kappa shape index (κ2) is 8.72. The van der Waals surface area contributed by atoms with Crippen molar-refractivity contribution in [2.24, 2.45) is 0 Å². The van der Waals surface area contributed by atoms with Crippen LogP contribution in [0.15, 0.2) is 30.5 Å². The minimum absolute atomic E-state index is 0.0119. The third kappa shape index (κ3) is 4.16. The highest BCUT2D eigenvalue weighted by atomic mass is 16.5. The van der Waals surface area contributed by atoms with E-state index in [1.54, 1.807) is 20.4 Å². The maximum absolute atomic E-state index is 13.2. The molecule has 2 aromatic rings. The highest BCUT2D eigenvalue weighted by molar-refractivity contribution is 5.93. The lowest BCUT2D eigenvalue weighted by Gasteiger charge is -2.30. The first kappa shape index (κ1) is 19.6. The predicted octanol–water partition coefficient (Wildman–Crippen LogP) is 3.68. The van der Waals surface area contributed by atoms with Gasteiger partial charge in [0.15, 0.2) is 11.5 Å². The van der Waals surface area contributed by atoms with Crippen LogP contribution < -0.4 is 14.4 Å². The highest BCUT2D eigenvalue weighted by Crippen LogP contribution is 2.33. The van der Waals surface area contributed by atoms with E-state index in [4.69, 9.17) is 9.47 Å². The summed E-state index contributed by atoms with van der Waals surface area (Å²) < 4.78 is 10.8. The summed E-state index contributed by atoms with van der Waals surface area (Å²) in [5.41, 5.74) is 3.94. The molecule has 3 heterocycles. The lowest BCUT2D eigenvalue weighted by Crippen LogP contribution is -2.36. The SMILES string of the molecule is COc1cc2c(cc1OC)CN(C(=O)c1cc(N3CCCCCC3)ccn1)CC2. The summed E-state index contributed by atoms with van der Waals surface area (Å²) in [7, 11) is 3.28. The molecule has 1 aromatic heterocycles. The van der Waals surface area contributed by atoms with Crippen LogP contribution in [0.25, 0.3) is 0 Å². The van der Waals surface area contributed by atoms with Gasteiger partial charge in [-0.05, 0) is 54.7 Å². The number of benzene rings is 1. The monoisotopic (exact) mass is 395 g/mol. The van der Waals surface area contributed by atoms with Gasteiger partial charge in [-0.1, -0.05) is 12.8 Å². The minimum atomic E-state index is -0.0119. The zero-order chi connectivity index (χ0) is 20.2. The molecule has 2 aliphatic rings. The second-order valence-corrected chi connectivity index (χ2v) is 7.75. The first-order chi connectivity index (χ1) is 14.2. The molecule has 1 fully saturated rings. The number of amides is 1. The molecule has 29 heavy (non-hydrogen) atoms. The van der Waals surface area contributed by atoms with Crippen LogP contribution in [0.1, 0.15) is 47.3 Å². The molecule has 0 atom stereocenters. The standard InChI is InChI=1S/C23H29N3O3/c1-28-21-13-17-8-12-26(16-18(17)14-22(21)29-2)23(27)20-15-19(7-9-24-20)25-10-5-3-4-6-11-25/h7,9,13-15H,3-6,8,10-12,16H2,1-2H3. The van der Waals surface area contributed by atoms with Crippen LogP contribution in [-0.2, 0) is 13.0 Å². The van der Waals surface area contributed by atoms with Gasteiger partial charge in [-0.25, -0.2) is 0 Å². The summed E-state index contributed by atoms with van der Waals surface area (Å²) in [6, 6.07) is 7.98. The Labute approximate surface area is 172 Å². The quantitative estimate of drug-likeness (QED) is 0.791. The average molecular weight is 396 g/mol. The normalized spacial score (nSPS) is 16.8. The largest absolute Gasteiger partial charge is 0.493 e. The fraction of sp³-hybridized carbons (Fsp3) is 0.478. The second-order valence-electron chi connectivity index (χ2n) is 7.75. The zero-order valence-corrected chi connectivity index (χ0v) is 17.3. The van der Waals surface area contributed by atoms with Gasteiger partial charge < -0.3 is 19.3 Å². The van der Waals surface area contributed by atoms with Crippen molar-refractivity contribution < 1.29 is 14.3 Å². The molecule has 154 valence electrons. The summed E-state index contributed by atoms with van der Waals surface area (Å²) in [6.45, 7) is 3.34. The van der Waals surface area contributed by atoms with Crippen molar-refractivity contribution in [3.05, 3.63) is 47.3 Å². The van der Waals surface area contributed by atoms with Gasteiger partial charge in [0, 0.05) is 38.1 Å². The summed E-state index contributed by atoms with van der Waals surface area (Å²) in [4.78, 5) is 21.8. The predicted molar refractivity (Wildman–Crippen MR) is 113 cm³/mol. The van der Waals surface area contributed by atoms with Crippen molar-refractivity contribution in [2.45, 2.75) is 38.6 Å². The van der Waals surface area contributed by atoms with E-state index in [1.165, 1.54) is 31.2 Å². The molecule has 0 saturated carbocycles. The van der Waals surface area contributed by atoms with E-state index in [9.17, 15) is 4.79 Å². The van der Waals surface area contributed by atoms with Crippen LogP contribution in [0, 0.1) is 0 Å². The van der Waals surface area contributed by atoms with Crippen LogP contribution in [-0.4, -0.2) is 49.6 Å². The fourth-order valence-electron chi connectivity index (χ4n) is 4.28. The topological polar surface area (TPSA) is 54.9 Å². The number of anilines is 1. The first-order valence-corrected chi connectivity index (χ1v) is 10.4. The van der Waals surface area contributed by atoms with Gasteiger partial charge in [-0.15, -0.1) is 0 Å². The van der Waals surface area contributed by atoms with Crippen LogP contribution in [0.3, 0.4) is 0 Å². The number of aromatic nitrogens is 1. The van der Waals surface area contributed by atoms with Crippen molar-refractivity contribution in [1.29, 1.82) is 0 Å².